The average molecular weight is 545 g/mol. The van der Waals surface area contributed by atoms with E-state index in [1.165, 1.54) is 35.5 Å². The van der Waals surface area contributed by atoms with Gasteiger partial charge in [0.15, 0.2) is 0 Å². The molecule has 2 aliphatic carbocycles. The third-order valence-corrected chi connectivity index (χ3v) is 9.56. The van der Waals surface area contributed by atoms with Gasteiger partial charge >= 0.3 is 0 Å². The van der Waals surface area contributed by atoms with Crippen molar-refractivity contribution in [2.24, 2.45) is 11.5 Å². The first-order valence-electron chi connectivity index (χ1n) is 13.3. The molecule has 4 amide bonds. The third-order valence-electron chi connectivity index (χ3n) is 7.15. The fourth-order valence-electron chi connectivity index (χ4n) is 5.32. The first-order chi connectivity index (χ1) is 17.8. The fourth-order valence-corrected chi connectivity index (χ4v) is 7.95. The van der Waals surface area contributed by atoms with E-state index in [9.17, 15) is 19.2 Å². The number of primary amides is 2. The lowest BCUT2D eigenvalue weighted by atomic mass is 9.96. The van der Waals surface area contributed by atoms with E-state index in [1.54, 1.807) is 0 Å². The summed E-state index contributed by atoms with van der Waals surface area (Å²) < 4.78 is 0. The Morgan fingerprint density at radius 1 is 0.595 bits per heavy atom. The molecule has 8 nitrogen and oxygen atoms in total. The molecule has 0 saturated heterocycles. The Labute approximate surface area is 225 Å². The summed E-state index contributed by atoms with van der Waals surface area (Å²) in [6, 6.07) is 0. The van der Waals surface area contributed by atoms with Crippen LogP contribution in [0.4, 0.5) is 10.0 Å². The zero-order valence-electron chi connectivity index (χ0n) is 21.2. The third kappa shape index (κ3) is 6.78. The smallest absolute Gasteiger partial charge is 0.251 e. The molecule has 0 fully saturated rings. The highest BCUT2D eigenvalue weighted by atomic mass is 32.1. The number of nitrogens with one attached hydrogen (secondary N) is 2. The largest absolute Gasteiger partial charge is 0.365 e. The summed E-state index contributed by atoms with van der Waals surface area (Å²) in [5, 5.41) is 6.79. The maximum Gasteiger partial charge on any atom is 0.251 e. The van der Waals surface area contributed by atoms with Gasteiger partial charge in [-0.3, -0.25) is 19.2 Å². The molecule has 0 radical (unpaired) electrons. The number of thiophene rings is 2. The monoisotopic (exact) mass is 544 g/mol. The van der Waals surface area contributed by atoms with Crippen LogP contribution in [-0.2, 0) is 35.3 Å². The number of hydrogen-bond donors (Lipinski definition) is 4. The number of amides is 4. The summed E-state index contributed by atoms with van der Waals surface area (Å²) in [7, 11) is 0. The molecule has 0 unspecified atom stereocenters. The second-order valence-corrected chi connectivity index (χ2v) is 12.1. The Hall–Kier alpha value is -2.72. The lowest BCUT2D eigenvalue weighted by molar-refractivity contribution is -0.117. The highest BCUT2D eigenvalue weighted by molar-refractivity contribution is 7.17. The predicted molar refractivity (Wildman–Crippen MR) is 149 cm³/mol. The van der Waals surface area contributed by atoms with Crippen LogP contribution in [0, 0.1) is 0 Å². The molecule has 2 aromatic heterocycles. The van der Waals surface area contributed by atoms with Crippen molar-refractivity contribution in [1.82, 2.24) is 0 Å². The van der Waals surface area contributed by atoms with Crippen molar-refractivity contribution in [3.63, 3.8) is 0 Å². The van der Waals surface area contributed by atoms with E-state index in [2.05, 4.69) is 10.6 Å². The van der Waals surface area contributed by atoms with Crippen molar-refractivity contribution < 1.29 is 19.2 Å². The second kappa shape index (κ2) is 12.7. The van der Waals surface area contributed by atoms with Crippen molar-refractivity contribution >= 4 is 56.3 Å². The van der Waals surface area contributed by atoms with E-state index in [4.69, 9.17) is 11.5 Å². The topological polar surface area (TPSA) is 144 Å². The van der Waals surface area contributed by atoms with Crippen molar-refractivity contribution in [2.75, 3.05) is 10.6 Å². The number of aryl methyl sites for hydroxylation is 2. The van der Waals surface area contributed by atoms with E-state index in [-0.39, 0.29) is 24.7 Å². The van der Waals surface area contributed by atoms with Crippen LogP contribution in [0.1, 0.15) is 112 Å². The molecular weight excluding hydrogens is 508 g/mol. The molecule has 0 aliphatic heterocycles. The van der Waals surface area contributed by atoms with E-state index >= 15 is 0 Å². The Kier molecular flexibility index (Phi) is 9.37. The van der Waals surface area contributed by atoms with Crippen LogP contribution in [0.5, 0.6) is 0 Å². The van der Waals surface area contributed by atoms with Gasteiger partial charge in [0.2, 0.25) is 11.8 Å². The van der Waals surface area contributed by atoms with Crippen LogP contribution < -0.4 is 22.1 Å². The number of fused-ring (bicyclic) bond motifs is 2. The van der Waals surface area contributed by atoms with Crippen molar-refractivity contribution in [3.05, 3.63) is 32.0 Å². The van der Waals surface area contributed by atoms with Gasteiger partial charge in [0.05, 0.1) is 11.1 Å². The lowest BCUT2D eigenvalue weighted by Gasteiger charge is -2.10. The van der Waals surface area contributed by atoms with Crippen LogP contribution in [0.25, 0.3) is 0 Å². The summed E-state index contributed by atoms with van der Waals surface area (Å²) in [4.78, 5) is 52.0. The second-order valence-electron chi connectivity index (χ2n) is 9.92. The molecular formula is C27H36N4O4S2. The average Bonchev–Trinajstić information content (AvgIpc) is 3.30. The standard InChI is InChI=1S/C27H36N4O4S2/c28-24(34)22-16-10-5-1-3-7-12-18(16)36-26(22)30-20(32)14-9-15-21(33)31-27-23(25(29)35)17-11-6-2-4-8-13-19(17)37-27/h1-15H2,(H2,28,34)(H2,29,35)(H,30,32)(H,31,33). The lowest BCUT2D eigenvalue weighted by Crippen LogP contribution is -2.19. The molecule has 0 aromatic carbocycles. The SMILES string of the molecule is NC(=O)c1c(NC(=O)CCCC(=O)Nc2sc3c(c2C(N)=O)CCCCCC3)sc2c1CCCCCC2. The molecule has 2 aliphatic rings. The van der Waals surface area contributed by atoms with Gasteiger partial charge in [-0.2, -0.15) is 0 Å². The number of hydrogen-bond acceptors (Lipinski definition) is 6. The molecule has 37 heavy (non-hydrogen) atoms. The molecule has 0 atom stereocenters. The molecule has 6 N–H and O–H groups in total. The molecule has 2 aromatic rings. The maximum absolute atomic E-state index is 12.7. The van der Waals surface area contributed by atoms with E-state index in [0.717, 1.165) is 85.1 Å². The number of rotatable bonds is 8. The summed E-state index contributed by atoms with van der Waals surface area (Å²) in [5.74, 6) is -1.52. The number of carbonyl (C=O) groups excluding carboxylic acids is 4. The van der Waals surface area contributed by atoms with E-state index in [0.29, 0.717) is 27.5 Å². The van der Waals surface area contributed by atoms with Crippen LogP contribution >= 0.6 is 22.7 Å². The van der Waals surface area contributed by atoms with Gasteiger partial charge in [-0.05, 0) is 68.9 Å². The minimum Gasteiger partial charge on any atom is -0.365 e. The van der Waals surface area contributed by atoms with Crippen LogP contribution in [-0.4, -0.2) is 23.6 Å². The number of carbonyl (C=O) groups is 4. The highest BCUT2D eigenvalue weighted by Crippen LogP contribution is 2.38. The van der Waals surface area contributed by atoms with Crippen LogP contribution in [0.2, 0.25) is 0 Å². The minimum atomic E-state index is -0.511. The number of anilines is 2. The maximum atomic E-state index is 12.7. The highest BCUT2D eigenvalue weighted by Gasteiger charge is 2.25. The minimum absolute atomic E-state index is 0.137. The summed E-state index contributed by atoms with van der Waals surface area (Å²) in [6.07, 6.45) is 12.8. The van der Waals surface area contributed by atoms with Gasteiger partial charge < -0.3 is 22.1 Å². The van der Waals surface area contributed by atoms with Gasteiger partial charge in [-0.25, -0.2) is 0 Å². The Balaban J connectivity index is 1.34. The molecule has 4 rings (SSSR count). The summed E-state index contributed by atoms with van der Waals surface area (Å²) in [5.41, 5.74) is 14.2. The number of nitrogens with two attached hydrogens (primary N) is 2. The van der Waals surface area contributed by atoms with E-state index in [1.807, 2.05) is 0 Å². The Morgan fingerprint density at radius 3 is 1.35 bits per heavy atom. The van der Waals surface area contributed by atoms with E-state index < -0.39 is 11.8 Å². The Bertz CT molecular complexity index is 1090. The first kappa shape index (κ1) is 27.3. The first-order valence-corrected chi connectivity index (χ1v) is 15.0. The van der Waals surface area contributed by atoms with Crippen LogP contribution in [0.3, 0.4) is 0 Å². The van der Waals surface area contributed by atoms with Gasteiger partial charge in [0, 0.05) is 22.6 Å². The molecule has 0 saturated carbocycles. The zero-order chi connectivity index (χ0) is 26.4. The molecule has 200 valence electrons. The Morgan fingerprint density at radius 2 is 0.973 bits per heavy atom. The zero-order valence-corrected chi connectivity index (χ0v) is 22.8. The molecule has 0 spiro atoms. The van der Waals surface area contributed by atoms with Crippen molar-refractivity contribution in [3.8, 4) is 0 Å². The summed E-state index contributed by atoms with van der Waals surface area (Å²) in [6.45, 7) is 0. The summed E-state index contributed by atoms with van der Waals surface area (Å²) >= 11 is 2.90. The van der Waals surface area contributed by atoms with Gasteiger partial charge in [-0.15, -0.1) is 22.7 Å². The fraction of sp³-hybridized carbons (Fsp3) is 0.556. The van der Waals surface area contributed by atoms with Gasteiger partial charge in [0.25, 0.3) is 11.8 Å². The van der Waals surface area contributed by atoms with Crippen molar-refractivity contribution in [2.45, 2.75) is 96.3 Å². The molecule has 0 bridgehead atoms. The van der Waals surface area contributed by atoms with Crippen LogP contribution in [0.15, 0.2) is 0 Å². The van der Waals surface area contributed by atoms with Gasteiger partial charge in [0.1, 0.15) is 10.0 Å². The predicted octanol–water partition coefficient (Wildman–Crippen LogP) is 5.07. The quantitative estimate of drug-likeness (QED) is 0.367. The van der Waals surface area contributed by atoms with Gasteiger partial charge in [-0.1, -0.05) is 25.7 Å². The normalized spacial score (nSPS) is 15.8. The molecule has 2 heterocycles. The molecule has 10 heteroatoms. The van der Waals surface area contributed by atoms with Crippen molar-refractivity contribution in [1.29, 1.82) is 0 Å².